The van der Waals surface area contributed by atoms with Crippen molar-refractivity contribution in [3.05, 3.63) is 18.3 Å². The summed E-state index contributed by atoms with van der Waals surface area (Å²) in [5.74, 6) is 0.662. The van der Waals surface area contributed by atoms with E-state index in [0.717, 1.165) is 19.3 Å². The molecule has 14 heavy (non-hydrogen) atoms. The predicted octanol–water partition coefficient (Wildman–Crippen LogP) is 1.96. The Morgan fingerprint density at radius 1 is 1.50 bits per heavy atom. The van der Waals surface area contributed by atoms with E-state index in [4.69, 9.17) is 5.73 Å². The smallest absolute Gasteiger partial charge is 0.150 e. The van der Waals surface area contributed by atoms with Gasteiger partial charge in [-0.2, -0.15) is 0 Å². The maximum Gasteiger partial charge on any atom is 0.150 e. The minimum Gasteiger partial charge on any atom is -0.396 e. The zero-order valence-electron chi connectivity index (χ0n) is 8.40. The first-order chi connectivity index (χ1) is 6.75. The van der Waals surface area contributed by atoms with Gasteiger partial charge in [0.1, 0.15) is 5.03 Å². The lowest BCUT2D eigenvalue weighted by Crippen LogP contribution is -2.04. The van der Waals surface area contributed by atoms with Crippen molar-refractivity contribution in [2.45, 2.75) is 31.2 Å². The molecule has 0 saturated carbocycles. The highest BCUT2D eigenvalue weighted by atomic mass is 32.2. The Bertz CT molecular complexity index is 315. The molecule has 0 amide bonds. The number of hydrogen-bond acceptors (Lipinski definition) is 3. The molecule has 1 unspecified atom stereocenters. The molecule has 1 aromatic rings. The molecule has 1 heterocycles. The summed E-state index contributed by atoms with van der Waals surface area (Å²) in [6.07, 6.45) is 4.84. The zero-order valence-corrected chi connectivity index (χ0v) is 9.22. The number of anilines is 1. The molecule has 0 aliphatic rings. The van der Waals surface area contributed by atoms with Crippen molar-refractivity contribution < 1.29 is 4.21 Å². The van der Waals surface area contributed by atoms with Gasteiger partial charge in [0, 0.05) is 11.9 Å². The summed E-state index contributed by atoms with van der Waals surface area (Å²) in [7, 11) is -1.03. The molecule has 0 aliphatic heterocycles. The molecule has 0 saturated heterocycles. The van der Waals surface area contributed by atoms with Gasteiger partial charge in [0.05, 0.1) is 16.5 Å². The number of pyridine rings is 1. The highest BCUT2D eigenvalue weighted by Crippen LogP contribution is 2.13. The van der Waals surface area contributed by atoms with Crippen LogP contribution in [0.3, 0.4) is 0 Å². The summed E-state index contributed by atoms with van der Waals surface area (Å²) < 4.78 is 11.7. The molecule has 0 spiro atoms. The minimum absolute atomic E-state index is 0.530. The Balaban J connectivity index is 2.56. The molecule has 0 aliphatic carbocycles. The lowest BCUT2D eigenvalue weighted by Gasteiger charge is -2.03. The summed E-state index contributed by atoms with van der Waals surface area (Å²) in [5.41, 5.74) is 6.20. The SMILES string of the molecule is CCCCCS(=O)c1ncccc1N. The maximum atomic E-state index is 11.7. The first-order valence-electron chi connectivity index (χ1n) is 4.84. The van der Waals surface area contributed by atoms with Gasteiger partial charge in [-0.1, -0.05) is 19.8 Å². The van der Waals surface area contributed by atoms with E-state index < -0.39 is 10.8 Å². The van der Waals surface area contributed by atoms with Crippen LogP contribution in [0.25, 0.3) is 0 Å². The van der Waals surface area contributed by atoms with E-state index in [1.165, 1.54) is 0 Å². The van der Waals surface area contributed by atoms with Gasteiger partial charge in [-0.05, 0) is 18.6 Å². The molecule has 2 N–H and O–H groups in total. The fourth-order valence-electron chi connectivity index (χ4n) is 1.17. The summed E-state index contributed by atoms with van der Waals surface area (Å²) in [6.45, 7) is 2.12. The van der Waals surface area contributed by atoms with Crippen molar-refractivity contribution in [3.63, 3.8) is 0 Å². The Labute approximate surface area is 87.2 Å². The van der Waals surface area contributed by atoms with Gasteiger partial charge >= 0.3 is 0 Å². The molecule has 4 heteroatoms. The number of unbranched alkanes of at least 4 members (excludes halogenated alkanes) is 2. The molecule has 0 bridgehead atoms. The average molecular weight is 212 g/mol. The van der Waals surface area contributed by atoms with Gasteiger partial charge in [-0.3, -0.25) is 4.21 Å². The molecule has 0 fully saturated rings. The number of nitrogens with two attached hydrogens (primary N) is 1. The van der Waals surface area contributed by atoms with Crippen LogP contribution in [0.5, 0.6) is 0 Å². The van der Waals surface area contributed by atoms with Crippen molar-refractivity contribution in [1.29, 1.82) is 0 Å². The van der Waals surface area contributed by atoms with Crippen LogP contribution < -0.4 is 5.73 Å². The lowest BCUT2D eigenvalue weighted by molar-refractivity contribution is 0.674. The second-order valence-corrected chi connectivity index (χ2v) is 4.64. The Hall–Kier alpha value is -0.900. The van der Waals surface area contributed by atoms with E-state index in [1.54, 1.807) is 18.3 Å². The van der Waals surface area contributed by atoms with Gasteiger partial charge in [0.25, 0.3) is 0 Å². The summed E-state index contributed by atoms with van der Waals surface area (Å²) >= 11 is 0. The van der Waals surface area contributed by atoms with Crippen LogP contribution in [-0.2, 0) is 10.8 Å². The van der Waals surface area contributed by atoms with Crippen molar-refractivity contribution in [2.75, 3.05) is 11.5 Å². The summed E-state index contributed by atoms with van der Waals surface area (Å²) in [6, 6.07) is 3.49. The van der Waals surface area contributed by atoms with Gasteiger partial charge < -0.3 is 5.73 Å². The van der Waals surface area contributed by atoms with Crippen molar-refractivity contribution in [2.24, 2.45) is 0 Å². The molecular weight excluding hydrogens is 196 g/mol. The number of rotatable bonds is 5. The fourth-order valence-corrected chi connectivity index (χ4v) is 2.34. The third-order valence-electron chi connectivity index (χ3n) is 1.95. The van der Waals surface area contributed by atoms with Gasteiger partial charge in [-0.25, -0.2) is 4.98 Å². The van der Waals surface area contributed by atoms with Crippen LogP contribution in [0.2, 0.25) is 0 Å². The second-order valence-electron chi connectivity index (χ2n) is 3.15. The van der Waals surface area contributed by atoms with E-state index in [2.05, 4.69) is 11.9 Å². The van der Waals surface area contributed by atoms with Crippen molar-refractivity contribution in [1.82, 2.24) is 4.98 Å². The van der Waals surface area contributed by atoms with E-state index >= 15 is 0 Å². The number of nitrogens with zero attached hydrogens (tertiary/aromatic N) is 1. The molecule has 1 rings (SSSR count). The van der Waals surface area contributed by atoms with E-state index in [9.17, 15) is 4.21 Å². The number of hydrogen-bond donors (Lipinski definition) is 1. The topological polar surface area (TPSA) is 56.0 Å². The lowest BCUT2D eigenvalue weighted by atomic mass is 10.3. The van der Waals surface area contributed by atoms with E-state index in [1.807, 2.05) is 0 Å². The molecule has 1 aromatic heterocycles. The highest BCUT2D eigenvalue weighted by Gasteiger charge is 2.07. The van der Waals surface area contributed by atoms with Crippen LogP contribution in [0.4, 0.5) is 5.69 Å². The average Bonchev–Trinajstić information content (AvgIpc) is 2.18. The first-order valence-corrected chi connectivity index (χ1v) is 6.16. The van der Waals surface area contributed by atoms with Gasteiger partial charge in [0.15, 0.2) is 0 Å². The largest absolute Gasteiger partial charge is 0.396 e. The molecule has 3 nitrogen and oxygen atoms in total. The zero-order chi connectivity index (χ0) is 10.4. The van der Waals surface area contributed by atoms with Gasteiger partial charge in [-0.15, -0.1) is 0 Å². The monoisotopic (exact) mass is 212 g/mol. The van der Waals surface area contributed by atoms with Crippen LogP contribution in [0, 0.1) is 0 Å². The van der Waals surface area contributed by atoms with E-state index in [0.29, 0.717) is 16.5 Å². The minimum atomic E-state index is -1.03. The Morgan fingerprint density at radius 3 is 2.93 bits per heavy atom. The van der Waals surface area contributed by atoms with Crippen molar-refractivity contribution in [3.8, 4) is 0 Å². The summed E-state index contributed by atoms with van der Waals surface area (Å²) in [5, 5.41) is 0.531. The molecule has 0 radical (unpaired) electrons. The Morgan fingerprint density at radius 2 is 2.29 bits per heavy atom. The normalized spacial score (nSPS) is 12.6. The molecule has 1 atom stereocenters. The standard InChI is InChI=1S/C10H16N2OS/c1-2-3-4-8-14(13)10-9(11)6-5-7-12-10/h5-7H,2-4,8,11H2,1H3. The fraction of sp³-hybridized carbons (Fsp3) is 0.500. The Kier molecular flexibility index (Phi) is 4.59. The second kappa shape index (κ2) is 5.75. The molecular formula is C10H16N2OS. The number of aromatic nitrogens is 1. The highest BCUT2D eigenvalue weighted by molar-refractivity contribution is 7.85. The third kappa shape index (κ3) is 3.10. The summed E-state index contributed by atoms with van der Waals surface area (Å²) in [4.78, 5) is 4.03. The van der Waals surface area contributed by atoms with Crippen LogP contribution in [-0.4, -0.2) is 14.9 Å². The van der Waals surface area contributed by atoms with Crippen LogP contribution in [0.1, 0.15) is 26.2 Å². The molecule has 0 aromatic carbocycles. The number of nitrogen functional groups attached to an aromatic ring is 1. The van der Waals surface area contributed by atoms with Gasteiger partial charge in [0.2, 0.25) is 0 Å². The van der Waals surface area contributed by atoms with Crippen LogP contribution >= 0.6 is 0 Å². The molecule has 78 valence electrons. The predicted molar refractivity (Wildman–Crippen MR) is 59.4 cm³/mol. The maximum absolute atomic E-state index is 11.7. The quantitative estimate of drug-likeness (QED) is 0.759. The third-order valence-corrected chi connectivity index (χ3v) is 3.38. The first kappa shape index (κ1) is 11.2. The van der Waals surface area contributed by atoms with Crippen molar-refractivity contribution >= 4 is 16.5 Å². The van der Waals surface area contributed by atoms with Crippen LogP contribution in [0.15, 0.2) is 23.4 Å². The van der Waals surface area contributed by atoms with E-state index in [-0.39, 0.29) is 0 Å².